The van der Waals surface area contributed by atoms with Crippen molar-refractivity contribution in [1.82, 2.24) is 5.32 Å². The summed E-state index contributed by atoms with van der Waals surface area (Å²) in [6.07, 6.45) is 33.8. The lowest BCUT2D eigenvalue weighted by molar-refractivity contribution is -0.123. The van der Waals surface area contributed by atoms with E-state index in [1.807, 2.05) is 12.2 Å². The molecule has 0 saturated heterocycles. The van der Waals surface area contributed by atoms with Crippen molar-refractivity contribution in [2.75, 3.05) is 6.61 Å². The van der Waals surface area contributed by atoms with Gasteiger partial charge in [0.25, 0.3) is 0 Å². The van der Waals surface area contributed by atoms with Gasteiger partial charge in [-0.25, -0.2) is 0 Å². The molecular formula is C38H67NO5. The molecule has 0 aromatic rings. The van der Waals surface area contributed by atoms with Gasteiger partial charge in [0.1, 0.15) is 0 Å². The number of amides is 1. The molecular weight excluding hydrogens is 550 g/mol. The zero-order chi connectivity index (χ0) is 32.3. The summed E-state index contributed by atoms with van der Waals surface area (Å²) in [6, 6.07) is -0.614. The molecule has 0 saturated carbocycles. The Morgan fingerprint density at radius 3 is 2.00 bits per heavy atom. The Morgan fingerprint density at radius 1 is 0.818 bits per heavy atom. The Hall–Kier alpha value is -1.76. The molecule has 6 nitrogen and oxygen atoms in total. The highest BCUT2D eigenvalue weighted by Gasteiger charge is 2.27. The maximum atomic E-state index is 12.4. The molecule has 0 bridgehead atoms. The van der Waals surface area contributed by atoms with E-state index in [-0.39, 0.29) is 30.1 Å². The van der Waals surface area contributed by atoms with Crippen molar-refractivity contribution in [3.63, 3.8) is 0 Å². The van der Waals surface area contributed by atoms with Gasteiger partial charge in [0, 0.05) is 12.3 Å². The second kappa shape index (κ2) is 27.5. The summed E-state index contributed by atoms with van der Waals surface area (Å²) in [5.74, 6) is -0.170. The molecule has 6 heteroatoms. The summed E-state index contributed by atoms with van der Waals surface area (Å²) >= 11 is 0. The number of hydrogen-bond donors (Lipinski definition) is 4. The van der Waals surface area contributed by atoms with E-state index < -0.39 is 18.2 Å². The third kappa shape index (κ3) is 20.3. The minimum absolute atomic E-state index is 0.0896. The van der Waals surface area contributed by atoms with E-state index in [1.165, 1.54) is 70.6 Å². The molecule has 0 heterocycles. The molecule has 44 heavy (non-hydrogen) atoms. The lowest BCUT2D eigenvalue weighted by Gasteiger charge is -2.22. The van der Waals surface area contributed by atoms with Gasteiger partial charge in [-0.1, -0.05) is 147 Å². The van der Waals surface area contributed by atoms with Crippen molar-refractivity contribution < 1.29 is 24.9 Å². The van der Waals surface area contributed by atoms with Crippen LogP contribution < -0.4 is 5.32 Å². The molecule has 0 fully saturated rings. The second-order valence-corrected chi connectivity index (χ2v) is 13.0. The number of ketones is 1. The molecule has 1 amide bonds. The predicted molar refractivity (Wildman–Crippen MR) is 183 cm³/mol. The van der Waals surface area contributed by atoms with Crippen LogP contribution in [0.15, 0.2) is 36.5 Å². The quantitative estimate of drug-likeness (QED) is 0.0499. The van der Waals surface area contributed by atoms with Gasteiger partial charge in [0.2, 0.25) is 5.91 Å². The van der Waals surface area contributed by atoms with Crippen LogP contribution in [0.3, 0.4) is 0 Å². The second-order valence-electron chi connectivity index (χ2n) is 13.0. The van der Waals surface area contributed by atoms with Crippen molar-refractivity contribution >= 4 is 11.7 Å². The Morgan fingerprint density at radius 2 is 1.39 bits per heavy atom. The van der Waals surface area contributed by atoms with Gasteiger partial charge in [0.15, 0.2) is 5.78 Å². The van der Waals surface area contributed by atoms with E-state index >= 15 is 0 Å². The highest BCUT2D eigenvalue weighted by molar-refractivity contribution is 5.95. The Balaban J connectivity index is 2.14. The predicted octanol–water partition coefficient (Wildman–Crippen LogP) is 8.29. The standard InChI is InChI=1S/C38H67NO5/c1-3-5-7-8-9-10-11-12-13-14-15-16-21-25-37(43)35(31-40)39-38(44)26-22-18-17-20-23-32-27-30-36(42)34(32)29-28-33(41)24-19-6-4-2/h17,20,27-30,32-35,37,40-41,43H,3-16,18-19,21-26,31H2,1-2H3,(H,39,44)/b20-17-,29-28+/t32-,33-,34+,35-,37+/m0/s1. The summed E-state index contributed by atoms with van der Waals surface area (Å²) < 4.78 is 0. The zero-order valence-electron chi connectivity index (χ0n) is 28.3. The van der Waals surface area contributed by atoms with Crippen LogP contribution >= 0.6 is 0 Å². The lowest BCUT2D eigenvalue weighted by atomic mass is 9.90. The normalized spacial score (nSPS) is 18.9. The van der Waals surface area contributed by atoms with E-state index in [0.717, 1.165) is 51.4 Å². The first-order valence-corrected chi connectivity index (χ1v) is 18.2. The van der Waals surface area contributed by atoms with Crippen LogP contribution in [0.2, 0.25) is 0 Å². The Kier molecular flexibility index (Phi) is 25.2. The fourth-order valence-corrected chi connectivity index (χ4v) is 5.94. The van der Waals surface area contributed by atoms with Crippen LogP contribution in [0.1, 0.15) is 155 Å². The van der Waals surface area contributed by atoms with Gasteiger partial charge in [-0.2, -0.15) is 0 Å². The molecule has 0 aromatic carbocycles. The molecule has 0 aromatic heterocycles. The molecule has 1 aliphatic carbocycles. The van der Waals surface area contributed by atoms with Gasteiger partial charge in [-0.15, -0.1) is 0 Å². The number of nitrogens with one attached hydrogen (secondary N) is 1. The number of rotatable bonds is 29. The topological polar surface area (TPSA) is 107 Å². The third-order valence-electron chi connectivity index (χ3n) is 8.90. The zero-order valence-corrected chi connectivity index (χ0v) is 28.3. The monoisotopic (exact) mass is 618 g/mol. The van der Waals surface area contributed by atoms with Crippen LogP contribution in [0.4, 0.5) is 0 Å². The Labute approximate surface area is 269 Å². The van der Waals surface area contributed by atoms with E-state index in [0.29, 0.717) is 19.3 Å². The molecule has 4 N–H and O–H groups in total. The number of hydrogen-bond acceptors (Lipinski definition) is 5. The molecule has 0 unspecified atom stereocenters. The molecule has 5 atom stereocenters. The van der Waals surface area contributed by atoms with Gasteiger partial charge in [0.05, 0.1) is 24.9 Å². The van der Waals surface area contributed by atoms with Crippen molar-refractivity contribution in [2.45, 2.75) is 173 Å². The van der Waals surface area contributed by atoms with Crippen LogP contribution in [0.25, 0.3) is 0 Å². The SMILES string of the molecule is CCCCCCCCCCCCCCC[C@@H](O)[C@H](CO)NC(=O)CCC/C=C\C[C@H]1C=CC(=O)[C@@H]1/C=C/[C@@H](O)CCCCC. The smallest absolute Gasteiger partial charge is 0.220 e. The minimum Gasteiger partial charge on any atom is -0.394 e. The van der Waals surface area contributed by atoms with E-state index in [4.69, 9.17) is 0 Å². The van der Waals surface area contributed by atoms with E-state index in [1.54, 1.807) is 12.2 Å². The van der Waals surface area contributed by atoms with Crippen LogP contribution in [-0.4, -0.2) is 51.9 Å². The largest absolute Gasteiger partial charge is 0.394 e. The molecule has 0 spiro atoms. The maximum Gasteiger partial charge on any atom is 0.220 e. The number of allylic oxidation sites excluding steroid dienone is 5. The fourth-order valence-electron chi connectivity index (χ4n) is 5.94. The van der Waals surface area contributed by atoms with Crippen molar-refractivity contribution in [3.05, 3.63) is 36.5 Å². The first-order valence-electron chi connectivity index (χ1n) is 18.2. The number of aliphatic hydroxyl groups excluding tert-OH is 3. The summed E-state index contributed by atoms with van der Waals surface area (Å²) in [5, 5.41) is 33.2. The number of carbonyl (C=O) groups is 2. The summed E-state index contributed by atoms with van der Waals surface area (Å²) in [7, 11) is 0. The maximum absolute atomic E-state index is 12.4. The molecule has 1 aliphatic rings. The van der Waals surface area contributed by atoms with Gasteiger partial charge in [-0.05, 0) is 44.1 Å². The Bertz CT molecular complexity index is 807. The van der Waals surface area contributed by atoms with E-state index in [2.05, 4.69) is 31.3 Å². The summed E-state index contributed by atoms with van der Waals surface area (Å²) in [5.41, 5.74) is 0. The van der Waals surface area contributed by atoms with Gasteiger partial charge in [-0.3, -0.25) is 9.59 Å². The molecule has 0 radical (unpaired) electrons. The molecule has 254 valence electrons. The van der Waals surface area contributed by atoms with Crippen molar-refractivity contribution in [2.24, 2.45) is 11.8 Å². The average molecular weight is 618 g/mol. The average Bonchev–Trinajstić information content (AvgIpc) is 3.37. The van der Waals surface area contributed by atoms with E-state index in [9.17, 15) is 24.9 Å². The lowest BCUT2D eigenvalue weighted by Crippen LogP contribution is -2.45. The minimum atomic E-state index is -0.724. The van der Waals surface area contributed by atoms with Crippen LogP contribution in [-0.2, 0) is 9.59 Å². The van der Waals surface area contributed by atoms with Crippen molar-refractivity contribution in [3.8, 4) is 0 Å². The number of aliphatic hydroxyl groups is 3. The molecule has 0 aliphatic heterocycles. The summed E-state index contributed by atoms with van der Waals surface area (Å²) in [6.45, 7) is 4.14. The first kappa shape index (κ1) is 40.3. The number of unbranched alkanes of at least 4 members (excludes halogenated alkanes) is 15. The van der Waals surface area contributed by atoms with Crippen LogP contribution in [0.5, 0.6) is 0 Å². The number of carbonyl (C=O) groups excluding carboxylic acids is 2. The van der Waals surface area contributed by atoms with Crippen molar-refractivity contribution in [1.29, 1.82) is 0 Å². The third-order valence-corrected chi connectivity index (χ3v) is 8.90. The van der Waals surface area contributed by atoms with Crippen LogP contribution in [0, 0.1) is 11.8 Å². The summed E-state index contributed by atoms with van der Waals surface area (Å²) in [4.78, 5) is 24.7. The first-order chi connectivity index (χ1) is 21.4. The highest BCUT2D eigenvalue weighted by Crippen LogP contribution is 2.27. The van der Waals surface area contributed by atoms with Gasteiger partial charge >= 0.3 is 0 Å². The fraction of sp³-hybridized carbons (Fsp3) is 0.789. The highest BCUT2D eigenvalue weighted by atomic mass is 16.3. The van der Waals surface area contributed by atoms with Gasteiger partial charge < -0.3 is 20.6 Å². The molecule has 1 rings (SSSR count).